The second-order valence-electron chi connectivity index (χ2n) is 6.00. The maximum absolute atomic E-state index is 12.7. The van der Waals surface area contributed by atoms with E-state index in [1.54, 1.807) is 12.1 Å². The molecule has 1 aromatic carbocycles. The lowest BCUT2D eigenvalue weighted by Gasteiger charge is -2.33. The fraction of sp³-hybridized carbons (Fsp3) is 0.588. The molecule has 1 saturated heterocycles. The first-order valence-electron chi connectivity index (χ1n) is 8.25. The second-order valence-corrected chi connectivity index (χ2v) is 7.94. The first-order valence-corrected chi connectivity index (χ1v) is 9.69. The molecule has 0 spiro atoms. The summed E-state index contributed by atoms with van der Waals surface area (Å²) in [6.45, 7) is 8.10. The highest BCUT2D eigenvalue weighted by atomic mass is 32.2. The van der Waals surface area contributed by atoms with Gasteiger partial charge < -0.3 is 4.90 Å². The van der Waals surface area contributed by atoms with Crippen LogP contribution < -0.4 is 0 Å². The van der Waals surface area contributed by atoms with Crippen LogP contribution in [0.25, 0.3) is 0 Å². The lowest BCUT2D eigenvalue weighted by molar-refractivity contribution is -0.136. The van der Waals surface area contributed by atoms with Crippen molar-refractivity contribution in [2.24, 2.45) is 5.92 Å². The standard InChI is InChI=1S/C17H26N2O3S/c1-4-18(5-2)17(20)15-10-12-19(13-11-15)23(21,22)16-8-6-14(3)7-9-16/h6-9,15H,4-5,10-13H2,1-3H3. The molecule has 6 heteroatoms. The molecule has 1 heterocycles. The number of carbonyl (C=O) groups excluding carboxylic acids is 1. The summed E-state index contributed by atoms with van der Waals surface area (Å²) in [6, 6.07) is 6.92. The Bertz CT molecular complexity index is 628. The molecule has 0 radical (unpaired) electrons. The molecule has 128 valence electrons. The summed E-state index contributed by atoms with van der Waals surface area (Å²) in [4.78, 5) is 14.5. The molecule has 0 bridgehead atoms. The predicted molar refractivity (Wildman–Crippen MR) is 90.6 cm³/mol. The number of carbonyl (C=O) groups is 1. The van der Waals surface area contributed by atoms with Crippen molar-refractivity contribution in [2.45, 2.75) is 38.5 Å². The van der Waals surface area contributed by atoms with Crippen LogP contribution in [0.5, 0.6) is 0 Å². The van der Waals surface area contributed by atoms with Gasteiger partial charge in [0.15, 0.2) is 0 Å². The first-order chi connectivity index (χ1) is 10.9. The highest BCUT2D eigenvalue weighted by molar-refractivity contribution is 7.89. The molecule has 0 aliphatic carbocycles. The summed E-state index contributed by atoms with van der Waals surface area (Å²) < 4.78 is 26.8. The Balaban J connectivity index is 2.03. The van der Waals surface area contributed by atoms with E-state index >= 15 is 0 Å². The van der Waals surface area contributed by atoms with Gasteiger partial charge in [0.2, 0.25) is 15.9 Å². The van der Waals surface area contributed by atoms with Gasteiger partial charge in [0, 0.05) is 32.1 Å². The third-order valence-corrected chi connectivity index (χ3v) is 6.45. The Labute approximate surface area is 139 Å². The number of sulfonamides is 1. The fourth-order valence-electron chi connectivity index (χ4n) is 3.00. The molecule has 0 unspecified atom stereocenters. The summed E-state index contributed by atoms with van der Waals surface area (Å²) in [5.41, 5.74) is 1.03. The van der Waals surface area contributed by atoms with Crippen molar-refractivity contribution in [1.82, 2.24) is 9.21 Å². The van der Waals surface area contributed by atoms with Crippen LogP contribution in [0.15, 0.2) is 29.2 Å². The Morgan fingerprint density at radius 1 is 1.13 bits per heavy atom. The Hall–Kier alpha value is -1.40. The molecule has 1 aliphatic heterocycles. The smallest absolute Gasteiger partial charge is 0.243 e. The van der Waals surface area contributed by atoms with E-state index in [0.717, 1.165) is 5.56 Å². The monoisotopic (exact) mass is 338 g/mol. The molecule has 1 aliphatic rings. The van der Waals surface area contributed by atoms with Crippen LogP contribution in [0.3, 0.4) is 0 Å². The van der Waals surface area contributed by atoms with Crippen molar-refractivity contribution in [1.29, 1.82) is 0 Å². The van der Waals surface area contributed by atoms with Gasteiger partial charge in [-0.25, -0.2) is 8.42 Å². The van der Waals surface area contributed by atoms with E-state index in [9.17, 15) is 13.2 Å². The van der Waals surface area contributed by atoms with E-state index in [2.05, 4.69) is 0 Å². The maximum atomic E-state index is 12.7. The molecule has 0 aromatic heterocycles. The van der Waals surface area contributed by atoms with Gasteiger partial charge in [0.05, 0.1) is 4.90 Å². The van der Waals surface area contributed by atoms with Crippen molar-refractivity contribution >= 4 is 15.9 Å². The van der Waals surface area contributed by atoms with Gasteiger partial charge in [0.1, 0.15) is 0 Å². The van der Waals surface area contributed by atoms with Gasteiger partial charge >= 0.3 is 0 Å². The predicted octanol–water partition coefficient (Wildman–Crippen LogP) is 2.26. The average Bonchev–Trinajstić information content (AvgIpc) is 2.56. The first kappa shape index (κ1) is 17.9. The van der Waals surface area contributed by atoms with Crippen molar-refractivity contribution in [3.8, 4) is 0 Å². The third-order valence-electron chi connectivity index (χ3n) is 4.54. The van der Waals surface area contributed by atoms with Gasteiger partial charge in [-0.1, -0.05) is 17.7 Å². The maximum Gasteiger partial charge on any atom is 0.243 e. The average molecular weight is 338 g/mol. The van der Waals surface area contributed by atoms with Gasteiger partial charge in [-0.2, -0.15) is 4.31 Å². The number of amides is 1. The second kappa shape index (κ2) is 7.45. The highest BCUT2D eigenvalue weighted by Gasteiger charge is 2.33. The molecule has 0 saturated carbocycles. The zero-order valence-corrected chi connectivity index (χ0v) is 15.0. The number of aryl methyl sites for hydroxylation is 1. The molecule has 1 amide bonds. The van der Waals surface area contributed by atoms with Crippen LogP contribution in [0.1, 0.15) is 32.3 Å². The summed E-state index contributed by atoms with van der Waals surface area (Å²) in [5, 5.41) is 0. The highest BCUT2D eigenvalue weighted by Crippen LogP contribution is 2.25. The molecule has 0 N–H and O–H groups in total. The Morgan fingerprint density at radius 3 is 2.13 bits per heavy atom. The SMILES string of the molecule is CCN(CC)C(=O)C1CCN(S(=O)(=O)c2ccc(C)cc2)CC1. The van der Waals surface area contributed by atoms with E-state index in [-0.39, 0.29) is 11.8 Å². The van der Waals surface area contributed by atoms with Gasteiger partial charge in [-0.05, 0) is 45.7 Å². The van der Waals surface area contributed by atoms with Gasteiger partial charge in [-0.3, -0.25) is 4.79 Å². The Kier molecular flexibility index (Phi) is 5.81. The summed E-state index contributed by atoms with van der Waals surface area (Å²) in [5.74, 6) is 0.0988. The van der Waals surface area contributed by atoms with E-state index in [1.807, 2.05) is 37.8 Å². The van der Waals surface area contributed by atoms with Gasteiger partial charge in [-0.15, -0.1) is 0 Å². The van der Waals surface area contributed by atoms with Crippen LogP contribution >= 0.6 is 0 Å². The van der Waals surface area contributed by atoms with Crippen LogP contribution in [0, 0.1) is 12.8 Å². The van der Waals surface area contributed by atoms with Crippen molar-refractivity contribution in [3.63, 3.8) is 0 Å². The number of nitrogens with zero attached hydrogens (tertiary/aromatic N) is 2. The largest absolute Gasteiger partial charge is 0.343 e. The van der Waals surface area contributed by atoms with E-state index in [0.29, 0.717) is 43.9 Å². The lowest BCUT2D eigenvalue weighted by Crippen LogP contribution is -2.44. The van der Waals surface area contributed by atoms with Crippen LogP contribution in [0.2, 0.25) is 0 Å². The zero-order chi connectivity index (χ0) is 17.0. The minimum Gasteiger partial charge on any atom is -0.343 e. The number of hydrogen-bond donors (Lipinski definition) is 0. The van der Waals surface area contributed by atoms with Crippen molar-refractivity contribution in [2.75, 3.05) is 26.2 Å². The zero-order valence-electron chi connectivity index (χ0n) is 14.2. The molecule has 23 heavy (non-hydrogen) atoms. The Morgan fingerprint density at radius 2 is 1.65 bits per heavy atom. The minimum absolute atomic E-state index is 0.0561. The van der Waals surface area contributed by atoms with E-state index < -0.39 is 10.0 Å². The molecular weight excluding hydrogens is 312 g/mol. The van der Waals surface area contributed by atoms with Crippen LogP contribution in [-0.2, 0) is 14.8 Å². The number of rotatable bonds is 5. The van der Waals surface area contributed by atoms with Gasteiger partial charge in [0.25, 0.3) is 0 Å². The third kappa shape index (κ3) is 3.93. The number of benzene rings is 1. The molecule has 2 rings (SSSR count). The normalized spacial score (nSPS) is 17.2. The lowest BCUT2D eigenvalue weighted by atomic mass is 9.96. The molecule has 1 fully saturated rings. The summed E-state index contributed by atoms with van der Waals surface area (Å²) >= 11 is 0. The van der Waals surface area contributed by atoms with Crippen LogP contribution in [0.4, 0.5) is 0 Å². The summed E-state index contributed by atoms with van der Waals surface area (Å²) in [7, 11) is -3.45. The van der Waals surface area contributed by atoms with E-state index in [4.69, 9.17) is 0 Å². The topological polar surface area (TPSA) is 57.7 Å². The molecule has 5 nitrogen and oxygen atoms in total. The number of hydrogen-bond acceptors (Lipinski definition) is 3. The van der Waals surface area contributed by atoms with Crippen molar-refractivity contribution in [3.05, 3.63) is 29.8 Å². The molecular formula is C17H26N2O3S. The quantitative estimate of drug-likeness (QED) is 0.827. The fourth-order valence-corrected chi connectivity index (χ4v) is 4.47. The molecule has 0 atom stereocenters. The van der Waals surface area contributed by atoms with E-state index in [1.165, 1.54) is 4.31 Å². The number of piperidine rings is 1. The minimum atomic E-state index is -3.45. The summed E-state index contributed by atoms with van der Waals surface area (Å²) in [6.07, 6.45) is 1.20. The van der Waals surface area contributed by atoms with Crippen molar-refractivity contribution < 1.29 is 13.2 Å². The molecule has 1 aromatic rings. The van der Waals surface area contributed by atoms with Crippen LogP contribution in [-0.4, -0.2) is 49.7 Å².